The fourth-order valence-electron chi connectivity index (χ4n) is 3.24. The number of hydrogen-bond acceptors (Lipinski definition) is 6. The molecular weight excluding hydrogens is 368 g/mol. The van der Waals surface area contributed by atoms with Gasteiger partial charge in [0, 0.05) is 31.5 Å². The van der Waals surface area contributed by atoms with E-state index in [0.717, 1.165) is 43.1 Å². The van der Waals surface area contributed by atoms with Crippen LogP contribution in [-0.4, -0.2) is 58.2 Å². The van der Waals surface area contributed by atoms with E-state index in [9.17, 15) is 4.79 Å². The van der Waals surface area contributed by atoms with Crippen LogP contribution in [0.2, 0.25) is 0 Å². The van der Waals surface area contributed by atoms with Gasteiger partial charge in [-0.05, 0) is 37.1 Å². The second kappa shape index (κ2) is 8.83. The maximum Gasteiger partial charge on any atom is 0.287 e. The quantitative estimate of drug-likeness (QED) is 0.669. The molecule has 3 aromatic rings. The van der Waals surface area contributed by atoms with Crippen LogP contribution in [0.15, 0.2) is 42.9 Å². The van der Waals surface area contributed by atoms with Crippen LogP contribution in [0, 0.1) is 0 Å². The molecule has 1 saturated heterocycles. The van der Waals surface area contributed by atoms with Gasteiger partial charge in [-0.2, -0.15) is 0 Å². The van der Waals surface area contributed by atoms with Crippen molar-refractivity contribution in [1.29, 1.82) is 0 Å². The van der Waals surface area contributed by atoms with Crippen molar-refractivity contribution in [1.82, 2.24) is 25.3 Å². The van der Waals surface area contributed by atoms with E-state index in [4.69, 9.17) is 4.74 Å². The first-order valence-corrected chi connectivity index (χ1v) is 9.75. The fourth-order valence-corrected chi connectivity index (χ4v) is 3.24. The molecule has 0 spiro atoms. The Balaban J connectivity index is 1.32. The maximum atomic E-state index is 12.4. The monoisotopic (exact) mass is 392 g/mol. The van der Waals surface area contributed by atoms with Gasteiger partial charge in [-0.15, -0.1) is 0 Å². The molecule has 1 aliphatic rings. The van der Waals surface area contributed by atoms with Crippen molar-refractivity contribution in [2.75, 3.05) is 31.2 Å². The number of anilines is 1. The van der Waals surface area contributed by atoms with Gasteiger partial charge >= 0.3 is 0 Å². The van der Waals surface area contributed by atoms with Gasteiger partial charge in [0.25, 0.3) is 5.91 Å². The van der Waals surface area contributed by atoms with Crippen molar-refractivity contribution < 1.29 is 9.53 Å². The summed E-state index contributed by atoms with van der Waals surface area (Å²) in [5, 5.41) is 2.96. The number of aromatic nitrogens is 4. The van der Waals surface area contributed by atoms with Crippen molar-refractivity contribution in [3.05, 3.63) is 54.3 Å². The minimum atomic E-state index is -0.236. The molecule has 0 aromatic carbocycles. The Kier molecular flexibility index (Phi) is 5.81. The lowest BCUT2D eigenvalue weighted by atomic mass is 10.1. The standard InChI is InChI=1S/C21H24N6O2/c1-15(24-21(28)20-25-18-6-3-7-23-19(18)26-20)4-2-5-16-12-17(14-22-13-16)27-8-10-29-11-9-27/h2-3,5-7,12-15H,4,8-11H2,1H3,(H,24,28)(H,23,25,26)/b5-2+/t15-/m0/s1. The predicted molar refractivity (Wildman–Crippen MR) is 112 cm³/mol. The number of nitrogens with one attached hydrogen (secondary N) is 2. The van der Waals surface area contributed by atoms with Crippen molar-refractivity contribution in [2.45, 2.75) is 19.4 Å². The number of H-pyrrole nitrogens is 1. The van der Waals surface area contributed by atoms with Gasteiger partial charge in [-0.1, -0.05) is 12.2 Å². The van der Waals surface area contributed by atoms with Gasteiger partial charge in [0.15, 0.2) is 11.5 Å². The van der Waals surface area contributed by atoms with Gasteiger partial charge in [-0.25, -0.2) is 9.97 Å². The number of ether oxygens (including phenoxy) is 1. The molecule has 8 nitrogen and oxygen atoms in total. The molecule has 0 aliphatic carbocycles. The van der Waals surface area contributed by atoms with E-state index in [1.165, 1.54) is 0 Å². The number of fused-ring (bicyclic) bond motifs is 1. The van der Waals surface area contributed by atoms with Crippen molar-refractivity contribution in [2.24, 2.45) is 0 Å². The van der Waals surface area contributed by atoms with E-state index in [2.05, 4.69) is 36.2 Å². The summed E-state index contributed by atoms with van der Waals surface area (Å²) in [5.41, 5.74) is 3.43. The van der Waals surface area contributed by atoms with Crippen LogP contribution in [0.25, 0.3) is 17.2 Å². The van der Waals surface area contributed by atoms with Gasteiger partial charge in [0.2, 0.25) is 0 Å². The van der Waals surface area contributed by atoms with Crippen LogP contribution >= 0.6 is 0 Å². The molecule has 1 amide bonds. The predicted octanol–water partition coefficient (Wildman–Crippen LogP) is 2.41. The van der Waals surface area contributed by atoms with Crippen molar-refractivity contribution >= 4 is 28.8 Å². The number of carbonyl (C=O) groups excluding carboxylic acids is 1. The lowest BCUT2D eigenvalue weighted by molar-refractivity contribution is 0.0931. The molecule has 2 N–H and O–H groups in total. The van der Waals surface area contributed by atoms with Crippen molar-refractivity contribution in [3.63, 3.8) is 0 Å². The van der Waals surface area contributed by atoms with E-state index < -0.39 is 0 Å². The van der Waals surface area contributed by atoms with Gasteiger partial charge in [0.05, 0.1) is 30.6 Å². The van der Waals surface area contributed by atoms with Crippen molar-refractivity contribution in [3.8, 4) is 0 Å². The minimum absolute atomic E-state index is 0.0321. The molecule has 4 heterocycles. The average Bonchev–Trinajstić information content (AvgIpc) is 3.19. The largest absolute Gasteiger partial charge is 0.378 e. The number of carbonyl (C=O) groups is 1. The Bertz CT molecular complexity index is 976. The van der Waals surface area contributed by atoms with Gasteiger partial charge in [0.1, 0.15) is 0 Å². The number of pyridine rings is 2. The lowest BCUT2D eigenvalue weighted by Gasteiger charge is -2.28. The van der Waals surface area contributed by atoms with Gasteiger partial charge in [-0.3, -0.25) is 9.78 Å². The van der Waals surface area contributed by atoms with E-state index in [1.807, 2.05) is 37.5 Å². The summed E-state index contributed by atoms with van der Waals surface area (Å²) in [7, 11) is 0. The highest BCUT2D eigenvalue weighted by Crippen LogP contribution is 2.17. The third kappa shape index (κ3) is 4.78. The number of nitrogens with zero attached hydrogens (tertiary/aromatic N) is 4. The lowest BCUT2D eigenvalue weighted by Crippen LogP contribution is -2.36. The molecular formula is C21H24N6O2. The maximum absolute atomic E-state index is 12.4. The molecule has 1 fully saturated rings. The first-order chi connectivity index (χ1) is 14.2. The summed E-state index contributed by atoms with van der Waals surface area (Å²) in [6.45, 7) is 5.23. The zero-order valence-electron chi connectivity index (χ0n) is 16.3. The fraction of sp³-hybridized carbons (Fsp3) is 0.333. The second-order valence-corrected chi connectivity index (χ2v) is 7.05. The summed E-state index contributed by atoms with van der Waals surface area (Å²) in [6, 6.07) is 5.74. The average molecular weight is 392 g/mol. The van der Waals surface area contributed by atoms with Crippen LogP contribution < -0.4 is 10.2 Å². The molecule has 0 unspecified atom stereocenters. The van der Waals surface area contributed by atoms with Crippen LogP contribution in [-0.2, 0) is 4.74 Å². The number of hydrogen-bond donors (Lipinski definition) is 2. The van der Waals surface area contributed by atoms with Crippen LogP contribution in [0.5, 0.6) is 0 Å². The van der Waals surface area contributed by atoms with E-state index >= 15 is 0 Å². The first-order valence-electron chi connectivity index (χ1n) is 9.75. The molecule has 8 heteroatoms. The number of amides is 1. The summed E-state index contributed by atoms with van der Waals surface area (Å²) >= 11 is 0. The Morgan fingerprint density at radius 2 is 2.24 bits per heavy atom. The van der Waals surface area contributed by atoms with Crippen LogP contribution in [0.1, 0.15) is 29.5 Å². The molecule has 0 saturated carbocycles. The Hall–Kier alpha value is -3.26. The van der Waals surface area contributed by atoms with Crippen LogP contribution in [0.4, 0.5) is 5.69 Å². The highest BCUT2D eigenvalue weighted by atomic mass is 16.5. The molecule has 1 atom stereocenters. The molecule has 4 rings (SSSR count). The van der Waals surface area contributed by atoms with Gasteiger partial charge < -0.3 is 19.9 Å². The highest BCUT2D eigenvalue weighted by molar-refractivity contribution is 5.93. The molecule has 29 heavy (non-hydrogen) atoms. The summed E-state index contributed by atoms with van der Waals surface area (Å²) in [6.07, 6.45) is 10.2. The third-order valence-electron chi connectivity index (χ3n) is 4.77. The third-order valence-corrected chi connectivity index (χ3v) is 4.77. The molecule has 3 aromatic heterocycles. The summed E-state index contributed by atoms with van der Waals surface area (Å²) in [4.78, 5) is 30.4. The summed E-state index contributed by atoms with van der Waals surface area (Å²) in [5.74, 6) is 0.0387. The van der Waals surface area contributed by atoms with E-state index in [0.29, 0.717) is 12.1 Å². The summed E-state index contributed by atoms with van der Waals surface area (Å²) < 4.78 is 5.40. The number of imidazole rings is 1. The topological polar surface area (TPSA) is 96.0 Å². The first kappa shape index (κ1) is 19.1. The van der Waals surface area contributed by atoms with Crippen LogP contribution in [0.3, 0.4) is 0 Å². The Morgan fingerprint density at radius 3 is 3.07 bits per heavy atom. The highest BCUT2D eigenvalue weighted by Gasteiger charge is 2.14. The molecule has 150 valence electrons. The molecule has 0 radical (unpaired) electrons. The molecule has 0 bridgehead atoms. The Labute approximate surface area is 169 Å². The normalized spacial score (nSPS) is 15.7. The SMILES string of the molecule is C[C@@H](C/C=C/c1cncc(N2CCOCC2)c1)NC(=O)c1nc2ncccc2[nH]1. The number of aromatic amines is 1. The number of rotatable bonds is 6. The second-order valence-electron chi connectivity index (χ2n) is 7.05. The van der Waals surface area contributed by atoms with E-state index in [1.54, 1.807) is 12.3 Å². The zero-order chi connectivity index (χ0) is 20.1. The number of morpholine rings is 1. The minimum Gasteiger partial charge on any atom is -0.378 e. The molecule has 1 aliphatic heterocycles. The zero-order valence-corrected chi connectivity index (χ0v) is 16.3. The smallest absolute Gasteiger partial charge is 0.287 e. The van der Waals surface area contributed by atoms with E-state index in [-0.39, 0.29) is 17.8 Å². The Morgan fingerprint density at radius 1 is 1.38 bits per heavy atom.